The fourth-order valence-corrected chi connectivity index (χ4v) is 1.77. The van der Waals surface area contributed by atoms with E-state index in [2.05, 4.69) is 10.1 Å². The standard InChI is InChI=1S/C12H10F3N3O2/c1-2-9-8(11(19)20)6-17-18(9)10-4-3-7(5-16-10)12(13,14)15/h3-6H,2H2,1H3,(H,19,20). The van der Waals surface area contributed by atoms with Gasteiger partial charge in [0.15, 0.2) is 5.82 Å². The number of halogens is 3. The van der Waals surface area contributed by atoms with E-state index in [4.69, 9.17) is 5.11 Å². The van der Waals surface area contributed by atoms with Gasteiger partial charge in [0.25, 0.3) is 0 Å². The van der Waals surface area contributed by atoms with E-state index in [9.17, 15) is 18.0 Å². The van der Waals surface area contributed by atoms with Gasteiger partial charge < -0.3 is 5.11 Å². The summed E-state index contributed by atoms with van der Waals surface area (Å²) >= 11 is 0. The zero-order chi connectivity index (χ0) is 14.9. The number of pyridine rings is 1. The summed E-state index contributed by atoms with van der Waals surface area (Å²) in [5.41, 5.74) is -0.483. The SMILES string of the molecule is CCc1c(C(=O)O)cnn1-c1ccc(C(F)(F)F)cn1. The zero-order valence-corrected chi connectivity index (χ0v) is 10.3. The number of carboxylic acid groups (broad SMARTS) is 1. The number of carbonyl (C=O) groups is 1. The minimum Gasteiger partial charge on any atom is -0.478 e. The molecule has 5 nitrogen and oxygen atoms in total. The molecule has 0 aromatic carbocycles. The summed E-state index contributed by atoms with van der Waals surface area (Å²) in [7, 11) is 0. The molecule has 1 N–H and O–H groups in total. The first-order valence-electron chi connectivity index (χ1n) is 5.68. The first-order valence-corrected chi connectivity index (χ1v) is 5.68. The molecule has 0 amide bonds. The van der Waals surface area contributed by atoms with Crippen LogP contribution in [0, 0.1) is 0 Å². The van der Waals surface area contributed by atoms with Gasteiger partial charge in [0.1, 0.15) is 5.56 Å². The van der Waals surface area contributed by atoms with Crippen molar-refractivity contribution in [2.75, 3.05) is 0 Å². The van der Waals surface area contributed by atoms with Crippen LogP contribution in [0.25, 0.3) is 5.82 Å². The number of hydrogen-bond donors (Lipinski definition) is 1. The number of hydrogen-bond acceptors (Lipinski definition) is 3. The summed E-state index contributed by atoms with van der Waals surface area (Å²) in [5, 5.41) is 12.8. The van der Waals surface area contributed by atoms with Crippen molar-refractivity contribution in [1.82, 2.24) is 14.8 Å². The van der Waals surface area contributed by atoms with Gasteiger partial charge in [-0.1, -0.05) is 6.92 Å². The van der Waals surface area contributed by atoms with Crippen LogP contribution in [0.15, 0.2) is 24.5 Å². The molecule has 0 aliphatic carbocycles. The highest BCUT2D eigenvalue weighted by Crippen LogP contribution is 2.28. The highest BCUT2D eigenvalue weighted by atomic mass is 19.4. The van der Waals surface area contributed by atoms with E-state index in [1.165, 1.54) is 4.68 Å². The van der Waals surface area contributed by atoms with Crippen molar-refractivity contribution in [2.45, 2.75) is 19.5 Å². The molecule has 0 aliphatic rings. The lowest BCUT2D eigenvalue weighted by Crippen LogP contribution is -2.09. The van der Waals surface area contributed by atoms with Crippen LogP contribution in [-0.2, 0) is 12.6 Å². The van der Waals surface area contributed by atoms with Crippen LogP contribution in [0.3, 0.4) is 0 Å². The second kappa shape index (κ2) is 4.95. The molecule has 2 aromatic rings. The molecule has 2 rings (SSSR count). The number of aromatic carboxylic acids is 1. The maximum absolute atomic E-state index is 12.4. The predicted molar refractivity (Wildman–Crippen MR) is 62.7 cm³/mol. The van der Waals surface area contributed by atoms with Gasteiger partial charge in [0.05, 0.1) is 17.5 Å². The van der Waals surface area contributed by atoms with Crippen molar-refractivity contribution in [2.24, 2.45) is 0 Å². The Bertz CT molecular complexity index is 632. The topological polar surface area (TPSA) is 68.0 Å². The van der Waals surface area contributed by atoms with Gasteiger partial charge in [-0.2, -0.15) is 18.3 Å². The highest BCUT2D eigenvalue weighted by Gasteiger charge is 2.30. The molecule has 0 saturated heterocycles. The Balaban J connectivity index is 2.45. The van der Waals surface area contributed by atoms with Gasteiger partial charge in [-0.05, 0) is 18.6 Å². The lowest BCUT2D eigenvalue weighted by molar-refractivity contribution is -0.137. The Hall–Kier alpha value is -2.38. The second-order valence-electron chi connectivity index (χ2n) is 3.98. The van der Waals surface area contributed by atoms with Crippen molar-refractivity contribution in [3.63, 3.8) is 0 Å². The Morgan fingerprint density at radius 1 is 1.35 bits per heavy atom. The molecular formula is C12H10F3N3O2. The van der Waals surface area contributed by atoms with Gasteiger partial charge in [0, 0.05) is 6.20 Å². The minimum absolute atomic E-state index is 0.00852. The minimum atomic E-state index is -4.46. The fraction of sp³-hybridized carbons (Fsp3) is 0.250. The lowest BCUT2D eigenvalue weighted by atomic mass is 10.2. The largest absolute Gasteiger partial charge is 0.478 e. The highest BCUT2D eigenvalue weighted by molar-refractivity contribution is 5.88. The Morgan fingerprint density at radius 2 is 2.05 bits per heavy atom. The normalized spacial score (nSPS) is 11.6. The summed E-state index contributed by atoms with van der Waals surface area (Å²) in [6, 6.07) is 2.03. The van der Waals surface area contributed by atoms with E-state index in [0.717, 1.165) is 18.3 Å². The van der Waals surface area contributed by atoms with Gasteiger partial charge in [-0.15, -0.1) is 0 Å². The number of alkyl halides is 3. The molecule has 0 fully saturated rings. The van der Waals surface area contributed by atoms with Crippen LogP contribution in [0.5, 0.6) is 0 Å². The maximum Gasteiger partial charge on any atom is 0.417 e. The molecule has 0 atom stereocenters. The van der Waals surface area contributed by atoms with E-state index >= 15 is 0 Å². The van der Waals surface area contributed by atoms with Crippen molar-refractivity contribution >= 4 is 5.97 Å². The summed E-state index contributed by atoms with van der Waals surface area (Å²) in [6.07, 6.45) is -2.25. The number of rotatable bonds is 3. The van der Waals surface area contributed by atoms with Crippen LogP contribution < -0.4 is 0 Å². The monoisotopic (exact) mass is 285 g/mol. The third-order valence-corrected chi connectivity index (χ3v) is 2.73. The molecule has 106 valence electrons. The van der Waals surface area contributed by atoms with Crippen molar-refractivity contribution in [3.05, 3.63) is 41.3 Å². The summed E-state index contributed by atoms with van der Waals surface area (Å²) in [6.45, 7) is 1.73. The quantitative estimate of drug-likeness (QED) is 0.941. The second-order valence-corrected chi connectivity index (χ2v) is 3.98. The molecule has 0 bridgehead atoms. The van der Waals surface area contributed by atoms with E-state index in [1.807, 2.05) is 0 Å². The summed E-state index contributed by atoms with van der Waals surface area (Å²) < 4.78 is 38.5. The first-order chi connectivity index (χ1) is 9.34. The molecule has 0 aliphatic heterocycles. The molecule has 2 heterocycles. The van der Waals surface area contributed by atoms with E-state index in [0.29, 0.717) is 18.3 Å². The third kappa shape index (κ3) is 2.49. The Kier molecular flexibility index (Phi) is 3.47. The van der Waals surface area contributed by atoms with Gasteiger partial charge in [0.2, 0.25) is 0 Å². The number of nitrogens with zero attached hydrogens (tertiary/aromatic N) is 3. The van der Waals surface area contributed by atoms with Crippen LogP contribution in [0.2, 0.25) is 0 Å². The molecule has 0 spiro atoms. The zero-order valence-electron chi connectivity index (χ0n) is 10.3. The Labute approximate surface area is 111 Å². The third-order valence-electron chi connectivity index (χ3n) is 2.73. The molecule has 0 unspecified atom stereocenters. The molecule has 20 heavy (non-hydrogen) atoms. The summed E-state index contributed by atoms with van der Waals surface area (Å²) in [5.74, 6) is -0.998. The smallest absolute Gasteiger partial charge is 0.417 e. The van der Waals surface area contributed by atoms with Crippen LogP contribution in [-0.4, -0.2) is 25.8 Å². The van der Waals surface area contributed by atoms with Gasteiger partial charge in [-0.25, -0.2) is 14.5 Å². The van der Waals surface area contributed by atoms with Crippen molar-refractivity contribution < 1.29 is 23.1 Å². The molecule has 2 aromatic heterocycles. The lowest BCUT2D eigenvalue weighted by Gasteiger charge is -2.08. The fourth-order valence-electron chi connectivity index (χ4n) is 1.77. The average molecular weight is 285 g/mol. The molecule has 8 heteroatoms. The van der Waals surface area contributed by atoms with E-state index in [1.54, 1.807) is 6.92 Å². The first kappa shape index (κ1) is 14.0. The van der Waals surface area contributed by atoms with Crippen molar-refractivity contribution in [3.8, 4) is 5.82 Å². The molecule has 0 radical (unpaired) electrons. The Morgan fingerprint density at radius 3 is 2.50 bits per heavy atom. The average Bonchev–Trinajstić information content (AvgIpc) is 2.81. The van der Waals surface area contributed by atoms with E-state index < -0.39 is 17.7 Å². The number of carboxylic acids is 1. The predicted octanol–water partition coefficient (Wildman–Crippen LogP) is 2.55. The van der Waals surface area contributed by atoms with Gasteiger partial charge in [-0.3, -0.25) is 0 Å². The van der Waals surface area contributed by atoms with Crippen LogP contribution >= 0.6 is 0 Å². The van der Waals surface area contributed by atoms with E-state index in [-0.39, 0.29) is 11.4 Å². The maximum atomic E-state index is 12.4. The molecule has 0 saturated carbocycles. The summed E-state index contributed by atoms with van der Waals surface area (Å²) in [4.78, 5) is 14.7. The van der Waals surface area contributed by atoms with Crippen molar-refractivity contribution in [1.29, 1.82) is 0 Å². The van der Waals surface area contributed by atoms with Crippen LogP contribution in [0.4, 0.5) is 13.2 Å². The van der Waals surface area contributed by atoms with Gasteiger partial charge >= 0.3 is 12.1 Å². The van der Waals surface area contributed by atoms with Crippen LogP contribution in [0.1, 0.15) is 28.5 Å². The number of aromatic nitrogens is 3. The molecular weight excluding hydrogens is 275 g/mol.